The molecule has 1 amide bonds. The second-order valence-electron chi connectivity index (χ2n) is 6.02. The molecule has 2 rings (SSSR count). The maximum absolute atomic E-state index is 12.0. The second-order valence-corrected chi connectivity index (χ2v) is 6.02. The van der Waals surface area contributed by atoms with Crippen LogP contribution in [-0.2, 0) is 11.3 Å². The summed E-state index contributed by atoms with van der Waals surface area (Å²) in [6, 6.07) is 15.6. The molecule has 0 aliphatic carbocycles. The van der Waals surface area contributed by atoms with Gasteiger partial charge in [0, 0.05) is 13.1 Å². The second kappa shape index (κ2) is 9.69. The van der Waals surface area contributed by atoms with E-state index >= 15 is 0 Å². The Hall–Kier alpha value is -2.53. The Labute approximate surface area is 149 Å². The van der Waals surface area contributed by atoms with Crippen LogP contribution in [0.1, 0.15) is 11.1 Å². The van der Waals surface area contributed by atoms with Crippen molar-refractivity contribution >= 4 is 5.91 Å². The molecule has 5 heteroatoms. The summed E-state index contributed by atoms with van der Waals surface area (Å²) in [5.41, 5.74) is 2.32. The third-order valence-corrected chi connectivity index (χ3v) is 3.82. The number of carbonyl (C=O) groups is 1. The van der Waals surface area contributed by atoms with Crippen LogP contribution in [0.5, 0.6) is 11.5 Å². The van der Waals surface area contributed by atoms with Gasteiger partial charge in [-0.1, -0.05) is 29.8 Å². The maximum atomic E-state index is 12.0. The lowest BCUT2D eigenvalue weighted by molar-refractivity contribution is -0.122. The molecular weight excluding hydrogens is 316 g/mol. The molecular formula is C20H26N2O3. The molecule has 0 unspecified atom stereocenters. The fourth-order valence-corrected chi connectivity index (χ4v) is 2.28. The zero-order chi connectivity index (χ0) is 18.1. The minimum Gasteiger partial charge on any atom is -0.497 e. The zero-order valence-electron chi connectivity index (χ0n) is 15.1. The summed E-state index contributed by atoms with van der Waals surface area (Å²) in [6.07, 6.45) is 0. The number of nitrogens with zero attached hydrogens (tertiary/aromatic N) is 1. The molecule has 25 heavy (non-hydrogen) atoms. The Morgan fingerprint density at radius 3 is 2.32 bits per heavy atom. The van der Waals surface area contributed by atoms with Crippen molar-refractivity contribution in [3.63, 3.8) is 0 Å². The van der Waals surface area contributed by atoms with Gasteiger partial charge in [-0.2, -0.15) is 0 Å². The van der Waals surface area contributed by atoms with Crippen LogP contribution in [0, 0.1) is 6.92 Å². The molecule has 0 heterocycles. The topological polar surface area (TPSA) is 50.8 Å². The monoisotopic (exact) mass is 342 g/mol. The highest BCUT2D eigenvalue weighted by Gasteiger charge is 2.06. The molecule has 2 aromatic carbocycles. The van der Waals surface area contributed by atoms with Gasteiger partial charge >= 0.3 is 0 Å². The first-order valence-electron chi connectivity index (χ1n) is 8.34. The van der Waals surface area contributed by atoms with Crippen LogP contribution in [0.3, 0.4) is 0 Å². The average molecular weight is 342 g/mol. The van der Waals surface area contributed by atoms with Crippen molar-refractivity contribution in [1.29, 1.82) is 0 Å². The van der Waals surface area contributed by atoms with Gasteiger partial charge in [0.25, 0.3) is 0 Å². The summed E-state index contributed by atoms with van der Waals surface area (Å²) in [7, 11) is 3.54. The predicted octanol–water partition coefficient (Wildman–Crippen LogP) is 2.63. The lowest BCUT2D eigenvalue weighted by Gasteiger charge is -2.16. The van der Waals surface area contributed by atoms with E-state index in [0.29, 0.717) is 26.2 Å². The third-order valence-electron chi connectivity index (χ3n) is 3.82. The van der Waals surface area contributed by atoms with Crippen LogP contribution in [0.15, 0.2) is 48.5 Å². The molecule has 134 valence electrons. The molecule has 0 bridgehead atoms. The Balaban J connectivity index is 1.64. The van der Waals surface area contributed by atoms with Crippen molar-refractivity contribution < 1.29 is 14.3 Å². The first-order valence-corrected chi connectivity index (χ1v) is 8.34. The van der Waals surface area contributed by atoms with E-state index in [0.717, 1.165) is 17.1 Å². The number of benzene rings is 2. The first-order chi connectivity index (χ1) is 12.1. The summed E-state index contributed by atoms with van der Waals surface area (Å²) >= 11 is 0. The van der Waals surface area contributed by atoms with E-state index in [1.54, 1.807) is 7.11 Å². The zero-order valence-corrected chi connectivity index (χ0v) is 15.1. The lowest BCUT2D eigenvalue weighted by Crippen LogP contribution is -2.36. The summed E-state index contributed by atoms with van der Waals surface area (Å²) in [5, 5.41) is 2.93. The Morgan fingerprint density at radius 1 is 1.04 bits per heavy atom. The molecule has 0 radical (unpaired) electrons. The van der Waals surface area contributed by atoms with Crippen LogP contribution >= 0.6 is 0 Å². The number of likely N-dealkylation sites (N-methyl/N-ethyl adjacent to an activating group) is 1. The highest BCUT2D eigenvalue weighted by atomic mass is 16.5. The molecule has 0 spiro atoms. The third kappa shape index (κ3) is 6.85. The molecule has 1 N–H and O–H groups in total. The van der Waals surface area contributed by atoms with Crippen LogP contribution in [0.25, 0.3) is 0 Å². The molecule has 0 saturated heterocycles. The Bertz CT molecular complexity index is 654. The van der Waals surface area contributed by atoms with Crippen molar-refractivity contribution in [1.82, 2.24) is 10.2 Å². The summed E-state index contributed by atoms with van der Waals surface area (Å²) < 4.78 is 10.8. The molecule has 2 aromatic rings. The molecule has 0 aromatic heterocycles. The smallest absolute Gasteiger partial charge is 0.234 e. The standard InChI is InChI=1S/C20H26N2O3/c1-16-4-6-17(7-5-16)14-21-20(23)15-22(2)12-13-25-19-10-8-18(24-3)9-11-19/h4-11H,12-15H2,1-3H3,(H,21,23). The van der Waals surface area contributed by atoms with E-state index in [9.17, 15) is 4.79 Å². The molecule has 0 fully saturated rings. The van der Waals surface area contributed by atoms with Gasteiger partial charge in [0.05, 0.1) is 13.7 Å². The minimum absolute atomic E-state index is 0.00697. The van der Waals surface area contributed by atoms with E-state index in [1.165, 1.54) is 5.56 Å². The van der Waals surface area contributed by atoms with Gasteiger partial charge < -0.3 is 14.8 Å². The summed E-state index contributed by atoms with van der Waals surface area (Å²) in [4.78, 5) is 13.9. The van der Waals surface area contributed by atoms with Crippen LogP contribution in [-0.4, -0.2) is 44.7 Å². The normalized spacial score (nSPS) is 10.6. The molecule has 0 atom stereocenters. The molecule has 5 nitrogen and oxygen atoms in total. The number of amides is 1. The number of nitrogens with one attached hydrogen (secondary N) is 1. The number of rotatable bonds is 9. The van der Waals surface area contributed by atoms with Gasteiger partial charge in [0.15, 0.2) is 0 Å². The van der Waals surface area contributed by atoms with Crippen LogP contribution in [0.4, 0.5) is 0 Å². The predicted molar refractivity (Wildman–Crippen MR) is 99.0 cm³/mol. The first kappa shape index (κ1) is 18.8. The van der Waals surface area contributed by atoms with E-state index in [1.807, 2.05) is 67.4 Å². The SMILES string of the molecule is COc1ccc(OCCN(C)CC(=O)NCc2ccc(C)cc2)cc1. The fraction of sp³-hybridized carbons (Fsp3) is 0.350. The number of ether oxygens (including phenoxy) is 2. The van der Waals surface area contributed by atoms with Crippen molar-refractivity contribution in [3.05, 3.63) is 59.7 Å². The van der Waals surface area contributed by atoms with E-state index in [4.69, 9.17) is 9.47 Å². The molecule has 0 saturated carbocycles. The number of hydrogen-bond donors (Lipinski definition) is 1. The fourth-order valence-electron chi connectivity index (χ4n) is 2.28. The number of carbonyl (C=O) groups excluding carboxylic acids is 1. The van der Waals surface area contributed by atoms with Gasteiger partial charge in [0.2, 0.25) is 5.91 Å². The van der Waals surface area contributed by atoms with Gasteiger partial charge in [0.1, 0.15) is 18.1 Å². The number of hydrogen-bond acceptors (Lipinski definition) is 4. The van der Waals surface area contributed by atoms with Gasteiger partial charge in [-0.3, -0.25) is 9.69 Å². The van der Waals surface area contributed by atoms with Crippen molar-refractivity contribution in [2.75, 3.05) is 33.9 Å². The van der Waals surface area contributed by atoms with Crippen molar-refractivity contribution in [3.8, 4) is 11.5 Å². The number of methoxy groups -OCH3 is 1. The minimum atomic E-state index is 0.00697. The summed E-state index contributed by atoms with van der Waals surface area (Å²) in [5.74, 6) is 1.60. The van der Waals surface area contributed by atoms with Gasteiger partial charge in [-0.05, 0) is 43.8 Å². The highest BCUT2D eigenvalue weighted by Crippen LogP contribution is 2.16. The average Bonchev–Trinajstić information content (AvgIpc) is 2.62. The highest BCUT2D eigenvalue weighted by molar-refractivity contribution is 5.77. The molecule has 0 aliphatic heterocycles. The maximum Gasteiger partial charge on any atom is 0.234 e. The Morgan fingerprint density at radius 2 is 1.68 bits per heavy atom. The lowest BCUT2D eigenvalue weighted by atomic mass is 10.1. The van der Waals surface area contributed by atoms with Gasteiger partial charge in [-0.25, -0.2) is 0 Å². The Kier molecular flexibility index (Phi) is 7.29. The van der Waals surface area contributed by atoms with E-state index < -0.39 is 0 Å². The van der Waals surface area contributed by atoms with E-state index in [2.05, 4.69) is 5.32 Å². The molecule has 0 aliphatic rings. The van der Waals surface area contributed by atoms with Crippen molar-refractivity contribution in [2.24, 2.45) is 0 Å². The van der Waals surface area contributed by atoms with Crippen molar-refractivity contribution in [2.45, 2.75) is 13.5 Å². The van der Waals surface area contributed by atoms with Crippen LogP contribution < -0.4 is 14.8 Å². The largest absolute Gasteiger partial charge is 0.497 e. The van der Waals surface area contributed by atoms with Crippen LogP contribution in [0.2, 0.25) is 0 Å². The summed E-state index contributed by atoms with van der Waals surface area (Å²) in [6.45, 7) is 4.14. The number of aryl methyl sites for hydroxylation is 1. The quantitative estimate of drug-likeness (QED) is 0.761. The van der Waals surface area contributed by atoms with Gasteiger partial charge in [-0.15, -0.1) is 0 Å². The van der Waals surface area contributed by atoms with E-state index in [-0.39, 0.29) is 5.91 Å².